The predicted molar refractivity (Wildman–Crippen MR) is 120 cm³/mol. The number of alkyl carbamates (subject to hydrolysis) is 1. The first-order valence-electron chi connectivity index (χ1n) is 10.3. The minimum absolute atomic E-state index is 0.0516. The molecule has 1 rings (SSSR count). The summed E-state index contributed by atoms with van der Waals surface area (Å²) in [5.74, 6) is -1.73. The maximum absolute atomic E-state index is 12.6. The minimum Gasteiger partial charge on any atom is -0.493 e. The standard InChI is InChI=1S/C22H30N2O10/c1-7-11-32-20(26)19(14-12-16(30-5)17(31-6)13-15(14)24(28)29)33-18(25)9-8-10-23-21(27)34-22(2,3)4/h7,12-13,19H,1,8-11H2,2-6H3,(H,23,27). The van der Waals surface area contributed by atoms with Gasteiger partial charge in [0.2, 0.25) is 6.10 Å². The molecule has 0 bridgehead atoms. The van der Waals surface area contributed by atoms with Crippen molar-refractivity contribution in [1.82, 2.24) is 5.32 Å². The van der Waals surface area contributed by atoms with E-state index in [9.17, 15) is 24.5 Å². The number of nitrogens with zero attached hydrogens (tertiary/aromatic N) is 1. The van der Waals surface area contributed by atoms with E-state index in [1.54, 1.807) is 20.8 Å². The van der Waals surface area contributed by atoms with Crippen LogP contribution in [0.25, 0.3) is 0 Å². The van der Waals surface area contributed by atoms with Crippen molar-refractivity contribution in [1.29, 1.82) is 0 Å². The summed E-state index contributed by atoms with van der Waals surface area (Å²) in [6.45, 7) is 8.47. The number of amides is 1. The van der Waals surface area contributed by atoms with Gasteiger partial charge in [-0.2, -0.15) is 0 Å². The molecule has 1 amide bonds. The zero-order valence-electron chi connectivity index (χ0n) is 19.9. The Morgan fingerprint density at radius 3 is 2.32 bits per heavy atom. The van der Waals surface area contributed by atoms with Crippen molar-refractivity contribution in [2.75, 3.05) is 27.4 Å². The van der Waals surface area contributed by atoms with Crippen LogP contribution in [0.2, 0.25) is 0 Å². The fourth-order valence-corrected chi connectivity index (χ4v) is 2.64. The average molecular weight is 482 g/mol. The van der Waals surface area contributed by atoms with Gasteiger partial charge in [0.1, 0.15) is 12.2 Å². The van der Waals surface area contributed by atoms with E-state index in [1.807, 2.05) is 0 Å². The van der Waals surface area contributed by atoms with E-state index in [0.717, 1.165) is 6.07 Å². The highest BCUT2D eigenvalue weighted by Gasteiger charge is 2.34. The summed E-state index contributed by atoms with van der Waals surface area (Å²) in [6.07, 6.45) is -1.12. The Kier molecular flexibility index (Phi) is 10.8. The van der Waals surface area contributed by atoms with E-state index < -0.39 is 40.3 Å². The SMILES string of the molecule is C=CCOC(=O)C(OC(=O)CCCNC(=O)OC(C)(C)C)c1cc(OC)c(OC)cc1[N+](=O)[O-]. The van der Waals surface area contributed by atoms with Gasteiger partial charge in [-0.1, -0.05) is 12.7 Å². The van der Waals surface area contributed by atoms with E-state index in [1.165, 1.54) is 26.4 Å². The fourth-order valence-electron chi connectivity index (χ4n) is 2.64. The Bertz CT molecular complexity index is 908. The molecule has 12 nitrogen and oxygen atoms in total. The molecule has 0 heterocycles. The smallest absolute Gasteiger partial charge is 0.407 e. The molecule has 1 unspecified atom stereocenters. The van der Waals surface area contributed by atoms with E-state index in [0.29, 0.717) is 0 Å². The van der Waals surface area contributed by atoms with Crippen LogP contribution in [0.1, 0.15) is 45.3 Å². The largest absolute Gasteiger partial charge is 0.493 e. The van der Waals surface area contributed by atoms with Gasteiger partial charge in [0.05, 0.1) is 30.8 Å². The molecule has 0 fully saturated rings. The second-order valence-corrected chi connectivity index (χ2v) is 7.84. The van der Waals surface area contributed by atoms with Crippen molar-refractivity contribution in [3.63, 3.8) is 0 Å². The molecule has 1 aromatic rings. The molecule has 0 saturated heterocycles. The summed E-state index contributed by atoms with van der Waals surface area (Å²) in [6, 6.07) is 2.23. The van der Waals surface area contributed by atoms with Gasteiger partial charge in [0, 0.05) is 13.0 Å². The molecule has 0 saturated carbocycles. The predicted octanol–water partition coefficient (Wildman–Crippen LogP) is 3.23. The highest BCUT2D eigenvalue weighted by molar-refractivity contribution is 5.82. The zero-order chi connectivity index (χ0) is 25.9. The summed E-state index contributed by atoms with van der Waals surface area (Å²) in [5, 5.41) is 14.1. The number of nitro groups is 1. The topological polar surface area (TPSA) is 153 Å². The van der Waals surface area contributed by atoms with Crippen molar-refractivity contribution in [3.8, 4) is 11.5 Å². The van der Waals surface area contributed by atoms with Crippen molar-refractivity contribution in [2.24, 2.45) is 0 Å². The van der Waals surface area contributed by atoms with Crippen LogP contribution in [0.5, 0.6) is 11.5 Å². The van der Waals surface area contributed by atoms with Crippen LogP contribution in [0.4, 0.5) is 10.5 Å². The van der Waals surface area contributed by atoms with E-state index in [4.69, 9.17) is 23.7 Å². The first-order valence-corrected chi connectivity index (χ1v) is 10.3. The van der Waals surface area contributed by atoms with Gasteiger partial charge in [0.25, 0.3) is 5.69 Å². The summed E-state index contributed by atoms with van der Waals surface area (Å²) in [7, 11) is 2.60. The average Bonchev–Trinajstić information content (AvgIpc) is 2.76. The lowest BCUT2D eigenvalue weighted by molar-refractivity contribution is -0.386. The highest BCUT2D eigenvalue weighted by atomic mass is 16.6. The van der Waals surface area contributed by atoms with Crippen molar-refractivity contribution < 1.29 is 43.0 Å². The van der Waals surface area contributed by atoms with Crippen LogP contribution in [0.15, 0.2) is 24.8 Å². The summed E-state index contributed by atoms with van der Waals surface area (Å²) >= 11 is 0. The fraction of sp³-hybridized carbons (Fsp3) is 0.500. The Morgan fingerprint density at radius 2 is 1.79 bits per heavy atom. The van der Waals surface area contributed by atoms with Crippen molar-refractivity contribution >= 4 is 23.7 Å². The van der Waals surface area contributed by atoms with Gasteiger partial charge in [-0.05, 0) is 33.3 Å². The Labute approximate surface area is 197 Å². The Morgan fingerprint density at radius 1 is 1.18 bits per heavy atom. The van der Waals surface area contributed by atoms with Gasteiger partial charge in [-0.25, -0.2) is 9.59 Å². The second kappa shape index (κ2) is 13.0. The minimum atomic E-state index is -1.74. The van der Waals surface area contributed by atoms with E-state index in [2.05, 4.69) is 11.9 Å². The Balaban J connectivity index is 3.04. The number of ether oxygens (including phenoxy) is 5. The van der Waals surface area contributed by atoms with Crippen LogP contribution in [0.3, 0.4) is 0 Å². The first-order chi connectivity index (χ1) is 15.9. The number of hydrogen-bond donors (Lipinski definition) is 1. The third-order valence-corrected chi connectivity index (χ3v) is 4.04. The molecule has 0 radical (unpaired) electrons. The summed E-state index contributed by atoms with van der Waals surface area (Å²) < 4.78 is 25.5. The number of nitrogens with one attached hydrogen (secondary N) is 1. The number of hydrogen-bond acceptors (Lipinski definition) is 10. The molecule has 34 heavy (non-hydrogen) atoms. The molecule has 0 aliphatic carbocycles. The van der Waals surface area contributed by atoms with Gasteiger partial charge in [-0.15, -0.1) is 0 Å². The zero-order valence-corrected chi connectivity index (χ0v) is 19.9. The first kappa shape index (κ1) is 28.2. The third-order valence-electron chi connectivity index (χ3n) is 4.04. The summed E-state index contributed by atoms with van der Waals surface area (Å²) in [4.78, 5) is 47.6. The van der Waals surface area contributed by atoms with Crippen molar-refractivity contribution in [2.45, 2.75) is 45.3 Å². The molecule has 188 valence electrons. The number of rotatable bonds is 12. The number of benzene rings is 1. The lowest BCUT2D eigenvalue weighted by Crippen LogP contribution is -2.33. The molecule has 0 spiro atoms. The maximum atomic E-state index is 12.6. The molecular formula is C22H30N2O10. The molecule has 1 aromatic carbocycles. The molecule has 0 aliphatic heterocycles. The molecule has 12 heteroatoms. The lowest BCUT2D eigenvalue weighted by Gasteiger charge is -2.20. The number of nitro benzene ring substituents is 1. The van der Waals surface area contributed by atoms with Gasteiger partial charge in [-0.3, -0.25) is 14.9 Å². The molecular weight excluding hydrogens is 452 g/mol. The molecule has 1 atom stereocenters. The Hall–Kier alpha value is -3.83. The molecule has 0 aliphatic rings. The number of carbonyl (C=O) groups excluding carboxylic acids is 3. The lowest BCUT2D eigenvalue weighted by atomic mass is 10.1. The van der Waals surface area contributed by atoms with Crippen LogP contribution in [-0.2, 0) is 23.8 Å². The number of carbonyl (C=O) groups is 3. The van der Waals surface area contributed by atoms with E-state index in [-0.39, 0.29) is 43.1 Å². The van der Waals surface area contributed by atoms with Gasteiger partial charge in [0.15, 0.2) is 11.5 Å². The highest BCUT2D eigenvalue weighted by Crippen LogP contribution is 2.39. The van der Waals surface area contributed by atoms with Crippen LogP contribution in [0, 0.1) is 10.1 Å². The van der Waals surface area contributed by atoms with Crippen LogP contribution < -0.4 is 14.8 Å². The van der Waals surface area contributed by atoms with Crippen LogP contribution >= 0.6 is 0 Å². The second-order valence-electron chi connectivity index (χ2n) is 7.84. The third kappa shape index (κ3) is 8.96. The summed E-state index contributed by atoms with van der Waals surface area (Å²) in [5.41, 5.74) is -1.45. The van der Waals surface area contributed by atoms with Crippen molar-refractivity contribution in [3.05, 3.63) is 40.5 Å². The quantitative estimate of drug-likeness (QED) is 0.117. The number of esters is 2. The normalized spacial score (nSPS) is 11.6. The van der Waals surface area contributed by atoms with E-state index >= 15 is 0 Å². The molecule has 1 N–H and O–H groups in total. The van der Waals surface area contributed by atoms with Gasteiger partial charge < -0.3 is 29.0 Å². The van der Waals surface area contributed by atoms with Gasteiger partial charge >= 0.3 is 18.0 Å². The van der Waals surface area contributed by atoms with Crippen LogP contribution in [-0.4, -0.2) is 55.9 Å². The monoisotopic (exact) mass is 482 g/mol. The maximum Gasteiger partial charge on any atom is 0.407 e. The number of methoxy groups -OCH3 is 2. The molecule has 0 aromatic heterocycles.